The van der Waals surface area contributed by atoms with Crippen LogP contribution in [0.2, 0.25) is 0 Å². The van der Waals surface area contributed by atoms with Gasteiger partial charge in [0.05, 0.1) is 0 Å². The van der Waals surface area contributed by atoms with E-state index in [-0.39, 0.29) is 6.04 Å². The smallest absolute Gasteiger partial charge is 0.0278 e. The summed E-state index contributed by atoms with van der Waals surface area (Å²) in [6.45, 7) is 4.33. The van der Waals surface area contributed by atoms with Gasteiger partial charge in [-0.05, 0) is 17.5 Å². The van der Waals surface area contributed by atoms with Gasteiger partial charge in [0.25, 0.3) is 0 Å². The molecule has 0 spiro atoms. The zero-order valence-corrected chi connectivity index (χ0v) is 14.1. The van der Waals surface area contributed by atoms with Gasteiger partial charge < -0.3 is 5.73 Å². The van der Waals surface area contributed by atoms with Crippen LogP contribution in [0.1, 0.15) is 43.2 Å². The van der Waals surface area contributed by atoms with Gasteiger partial charge in [0, 0.05) is 31.1 Å². The molecule has 0 aliphatic carbocycles. The van der Waals surface area contributed by atoms with Gasteiger partial charge in [0.15, 0.2) is 0 Å². The molecule has 2 N–H and O–H groups in total. The van der Waals surface area contributed by atoms with E-state index in [0.717, 1.165) is 13.1 Å². The van der Waals surface area contributed by atoms with Gasteiger partial charge in [-0.3, -0.25) is 4.90 Å². The zero-order valence-electron chi connectivity index (χ0n) is 14.1. The van der Waals surface area contributed by atoms with Crippen LogP contribution in [0.15, 0.2) is 60.7 Å². The molecule has 1 aliphatic rings. The molecule has 1 fully saturated rings. The van der Waals surface area contributed by atoms with E-state index in [1.165, 1.54) is 30.4 Å². The first kappa shape index (κ1) is 16.2. The van der Waals surface area contributed by atoms with Gasteiger partial charge >= 0.3 is 0 Å². The Balaban J connectivity index is 1.78. The van der Waals surface area contributed by atoms with E-state index in [9.17, 15) is 0 Å². The normalized spacial score (nSPS) is 24.9. The fraction of sp³-hybridized carbons (Fsp3) is 0.429. The lowest BCUT2D eigenvalue weighted by Gasteiger charge is -2.26. The average Bonchev–Trinajstić information content (AvgIpc) is 2.90. The fourth-order valence-corrected chi connectivity index (χ4v) is 3.84. The summed E-state index contributed by atoms with van der Waals surface area (Å²) in [5.74, 6) is 0.446. The molecule has 23 heavy (non-hydrogen) atoms. The maximum Gasteiger partial charge on any atom is 0.0278 e. The van der Waals surface area contributed by atoms with Crippen LogP contribution in [0.3, 0.4) is 0 Å². The molecule has 2 aromatic carbocycles. The molecule has 0 radical (unpaired) electrons. The van der Waals surface area contributed by atoms with Crippen molar-refractivity contribution in [3.63, 3.8) is 0 Å². The molecule has 2 heteroatoms. The maximum absolute atomic E-state index is 6.70. The number of hydrogen-bond donors (Lipinski definition) is 1. The minimum atomic E-state index is 0.229. The number of unbranched alkanes of at least 4 members (excludes halogenated alkanes) is 1. The molecule has 3 rings (SSSR count). The van der Waals surface area contributed by atoms with E-state index in [1.807, 2.05) is 0 Å². The summed E-state index contributed by atoms with van der Waals surface area (Å²) in [4.78, 5) is 2.60. The molecule has 2 aromatic rings. The van der Waals surface area contributed by atoms with E-state index >= 15 is 0 Å². The monoisotopic (exact) mass is 308 g/mol. The Bertz CT molecular complexity index is 581. The van der Waals surface area contributed by atoms with Gasteiger partial charge in [-0.2, -0.15) is 0 Å². The fourth-order valence-electron chi connectivity index (χ4n) is 3.84. The van der Waals surface area contributed by atoms with Crippen molar-refractivity contribution in [1.29, 1.82) is 0 Å². The van der Waals surface area contributed by atoms with Crippen molar-refractivity contribution in [1.82, 2.24) is 4.90 Å². The molecular formula is C21H28N2. The number of likely N-dealkylation sites (tertiary alicyclic amines) is 1. The highest BCUT2D eigenvalue weighted by Gasteiger charge is 2.39. The molecule has 122 valence electrons. The van der Waals surface area contributed by atoms with Crippen LogP contribution >= 0.6 is 0 Å². The minimum Gasteiger partial charge on any atom is -0.326 e. The van der Waals surface area contributed by atoms with Gasteiger partial charge in [0.1, 0.15) is 0 Å². The predicted octanol–water partition coefficient (Wildman–Crippen LogP) is 4.17. The summed E-state index contributed by atoms with van der Waals surface area (Å²) in [7, 11) is 0. The molecule has 1 heterocycles. The van der Waals surface area contributed by atoms with Crippen molar-refractivity contribution in [2.24, 2.45) is 5.73 Å². The highest BCUT2D eigenvalue weighted by atomic mass is 15.2. The molecule has 1 aliphatic heterocycles. The van der Waals surface area contributed by atoms with Crippen LogP contribution in [0.25, 0.3) is 0 Å². The average molecular weight is 308 g/mol. The highest BCUT2D eigenvalue weighted by Crippen LogP contribution is 2.34. The summed E-state index contributed by atoms with van der Waals surface area (Å²) < 4.78 is 0. The lowest BCUT2D eigenvalue weighted by atomic mass is 9.90. The van der Waals surface area contributed by atoms with Gasteiger partial charge in [-0.1, -0.05) is 80.4 Å². The largest absolute Gasteiger partial charge is 0.326 e. The van der Waals surface area contributed by atoms with Gasteiger partial charge in [-0.15, -0.1) is 0 Å². The molecule has 0 saturated carbocycles. The SMILES string of the molecule is CCCC[C@@H]1[C@@H](N)[C@H](c2ccccc2)CN1Cc1ccccc1. The standard InChI is InChI=1S/C21H28N2/c1-2-3-14-20-21(22)19(18-12-8-5-9-13-18)16-23(20)15-17-10-6-4-7-11-17/h4-13,19-21H,2-3,14-16,22H2,1H3/t19-,20+,21-/m0/s1. The Kier molecular flexibility index (Phi) is 5.47. The van der Waals surface area contributed by atoms with Crippen LogP contribution in [-0.2, 0) is 6.54 Å². The Morgan fingerprint density at radius 3 is 2.30 bits per heavy atom. The van der Waals surface area contributed by atoms with E-state index < -0.39 is 0 Å². The van der Waals surface area contributed by atoms with E-state index in [2.05, 4.69) is 72.5 Å². The minimum absolute atomic E-state index is 0.229. The molecule has 1 saturated heterocycles. The van der Waals surface area contributed by atoms with Crippen LogP contribution in [0, 0.1) is 0 Å². The number of hydrogen-bond acceptors (Lipinski definition) is 2. The molecule has 0 amide bonds. The first-order chi connectivity index (χ1) is 11.3. The van der Waals surface area contributed by atoms with Crippen molar-refractivity contribution in [2.75, 3.05) is 6.54 Å². The third kappa shape index (κ3) is 3.82. The molecule has 0 aromatic heterocycles. The second-order valence-electron chi connectivity index (χ2n) is 6.72. The van der Waals surface area contributed by atoms with Gasteiger partial charge in [-0.25, -0.2) is 0 Å². The number of nitrogens with two attached hydrogens (primary N) is 1. The first-order valence-corrected chi connectivity index (χ1v) is 8.88. The van der Waals surface area contributed by atoms with E-state index in [4.69, 9.17) is 5.73 Å². The Hall–Kier alpha value is -1.64. The predicted molar refractivity (Wildman–Crippen MR) is 97.3 cm³/mol. The summed E-state index contributed by atoms with van der Waals surface area (Å²) in [6.07, 6.45) is 3.69. The first-order valence-electron chi connectivity index (χ1n) is 8.88. The second-order valence-corrected chi connectivity index (χ2v) is 6.72. The third-order valence-electron chi connectivity index (χ3n) is 5.12. The topological polar surface area (TPSA) is 29.3 Å². The quantitative estimate of drug-likeness (QED) is 0.867. The summed E-state index contributed by atoms with van der Waals surface area (Å²) in [5.41, 5.74) is 9.47. The zero-order chi connectivity index (χ0) is 16.1. The van der Waals surface area contributed by atoms with Crippen molar-refractivity contribution in [2.45, 2.75) is 50.7 Å². The summed E-state index contributed by atoms with van der Waals surface area (Å²) >= 11 is 0. The molecule has 0 bridgehead atoms. The maximum atomic E-state index is 6.70. The van der Waals surface area contributed by atoms with Crippen molar-refractivity contribution in [3.8, 4) is 0 Å². The number of nitrogens with zero attached hydrogens (tertiary/aromatic N) is 1. The Morgan fingerprint density at radius 2 is 1.65 bits per heavy atom. The Labute approximate surface area is 140 Å². The third-order valence-corrected chi connectivity index (χ3v) is 5.12. The summed E-state index contributed by atoms with van der Waals surface area (Å²) in [6, 6.07) is 22.3. The lowest BCUT2D eigenvalue weighted by Crippen LogP contribution is -2.40. The van der Waals surface area contributed by atoms with E-state index in [0.29, 0.717) is 12.0 Å². The van der Waals surface area contributed by atoms with Crippen LogP contribution in [0.5, 0.6) is 0 Å². The van der Waals surface area contributed by atoms with Crippen LogP contribution in [-0.4, -0.2) is 23.5 Å². The lowest BCUT2D eigenvalue weighted by molar-refractivity contribution is 0.221. The van der Waals surface area contributed by atoms with Crippen molar-refractivity contribution < 1.29 is 0 Å². The molecule has 0 unspecified atom stereocenters. The van der Waals surface area contributed by atoms with Gasteiger partial charge in [0.2, 0.25) is 0 Å². The molecular weight excluding hydrogens is 280 g/mol. The van der Waals surface area contributed by atoms with Crippen molar-refractivity contribution in [3.05, 3.63) is 71.8 Å². The van der Waals surface area contributed by atoms with Crippen LogP contribution in [0.4, 0.5) is 0 Å². The van der Waals surface area contributed by atoms with E-state index in [1.54, 1.807) is 0 Å². The summed E-state index contributed by atoms with van der Waals surface area (Å²) in [5, 5.41) is 0. The number of rotatable bonds is 6. The van der Waals surface area contributed by atoms with Crippen LogP contribution < -0.4 is 5.73 Å². The van der Waals surface area contributed by atoms with Crippen molar-refractivity contribution >= 4 is 0 Å². The molecule has 2 nitrogen and oxygen atoms in total. The highest BCUT2D eigenvalue weighted by molar-refractivity contribution is 5.25. The second kappa shape index (κ2) is 7.76. The molecule has 3 atom stereocenters. The Morgan fingerprint density at radius 1 is 1.00 bits per heavy atom. The number of benzene rings is 2.